The zero-order chi connectivity index (χ0) is 20.8. The Morgan fingerprint density at radius 3 is 2.70 bits per heavy atom. The van der Waals surface area contributed by atoms with Crippen LogP contribution >= 0.6 is 0 Å². The van der Waals surface area contributed by atoms with Crippen molar-refractivity contribution >= 4 is 22.8 Å². The second kappa shape index (κ2) is 7.36. The van der Waals surface area contributed by atoms with Crippen molar-refractivity contribution in [1.29, 1.82) is 0 Å². The van der Waals surface area contributed by atoms with Gasteiger partial charge in [-0.1, -0.05) is 6.07 Å². The van der Waals surface area contributed by atoms with Crippen LogP contribution in [0.5, 0.6) is 0 Å². The van der Waals surface area contributed by atoms with Crippen molar-refractivity contribution in [3.05, 3.63) is 47.9 Å². The number of hydrogen-bond acceptors (Lipinski definition) is 6. The first-order valence-corrected chi connectivity index (χ1v) is 10.4. The highest BCUT2D eigenvalue weighted by atomic mass is 16.3. The first-order chi connectivity index (χ1) is 14.5. The van der Waals surface area contributed by atoms with Crippen molar-refractivity contribution in [3.8, 4) is 0 Å². The predicted molar refractivity (Wildman–Crippen MR) is 113 cm³/mol. The number of carbonyl (C=O) groups is 1. The number of pyridine rings is 2. The van der Waals surface area contributed by atoms with E-state index in [0.717, 1.165) is 41.9 Å². The molecule has 0 bridgehead atoms. The molecule has 8 nitrogen and oxygen atoms in total. The second-order valence-electron chi connectivity index (χ2n) is 8.63. The van der Waals surface area contributed by atoms with Crippen LogP contribution in [-0.4, -0.2) is 56.0 Å². The van der Waals surface area contributed by atoms with Crippen molar-refractivity contribution in [2.24, 2.45) is 18.9 Å². The average Bonchev–Trinajstić information content (AvgIpc) is 3.31. The van der Waals surface area contributed by atoms with E-state index in [2.05, 4.69) is 37.4 Å². The Kier molecular flexibility index (Phi) is 4.66. The Morgan fingerprint density at radius 1 is 1.13 bits per heavy atom. The lowest BCUT2D eigenvalue weighted by Gasteiger charge is -2.35. The lowest BCUT2D eigenvalue weighted by atomic mass is 9.77. The van der Waals surface area contributed by atoms with Crippen molar-refractivity contribution in [1.82, 2.24) is 25.1 Å². The Labute approximate surface area is 174 Å². The van der Waals surface area contributed by atoms with Crippen molar-refractivity contribution in [3.63, 3.8) is 0 Å². The summed E-state index contributed by atoms with van der Waals surface area (Å²) in [6.45, 7) is 3.84. The minimum atomic E-state index is -0.547. The summed E-state index contributed by atoms with van der Waals surface area (Å²) >= 11 is 0. The van der Waals surface area contributed by atoms with Crippen LogP contribution in [0.15, 0.2) is 36.8 Å². The van der Waals surface area contributed by atoms with E-state index in [-0.39, 0.29) is 11.9 Å². The van der Waals surface area contributed by atoms with E-state index in [0.29, 0.717) is 23.8 Å². The van der Waals surface area contributed by atoms with Crippen molar-refractivity contribution < 1.29 is 9.90 Å². The molecule has 2 aliphatic rings. The van der Waals surface area contributed by atoms with Crippen LogP contribution in [0.3, 0.4) is 0 Å². The second-order valence-corrected chi connectivity index (χ2v) is 8.63. The Morgan fingerprint density at radius 2 is 1.93 bits per heavy atom. The molecule has 1 aliphatic heterocycles. The largest absolute Gasteiger partial charge is 0.391 e. The number of aliphatic hydroxyl groups excluding tert-OH is 1. The van der Waals surface area contributed by atoms with E-state index in [1.807, 2.05) is 20.2 Å². The molecule has 156 valence electrons. The number of aryl methyl sites for hydroxylation is 2. The predicted octanol–water partition coefficient (Wildman–Crippen LogP) is 1.68. The maximum Gasteiger partial charge on any atom is 0.253 e. The van der Waals surface area contributed by atoms with E-state index < -0.39 is 6.10 Å². The van der Waals surface area contributed by atoms with Gasteiger partial charge in [0.15, 0.2) is 0 Å². The van der Waals surface area contributed by atoms with Gasteiger partial charge in [-0.3, -0.25) is 14.5 Å². The number of fused-ring (bicyclic) bond motifs is 2. The van der Waals surface area contributed by atoms with E-state index in [9.17, 15) is 9.90 Å². The molecule has 1 amide bonds. The number of amides is 1. The summed E-state index contributed by atoms with van der Waals surface area (Å²) in [6.07, 6.45) is 6.05. The fourth-order valence-electron chi connectivity index (χ4n) is 4.82. The summed E-state index contributed by atoms with van der Waals surface area (Å²) in [6, 6.07) is 5.68. The minimum absolute atomic E-state index is 0.205. The van der Waals surface area contributed by atoms with Gasteiger partial charge in [0.25, 0.3) is 5.91 Å². The molecule has 1 saturated heterocycles. The topological polar surface area (TPSA) is 96.2 Å². The molecule has 4 atom stereocenters. The molecule has 8 heteroatoms. The Balaban J connectivity index is 1.27. The Bertz CT molecular complexity index is 1080. The third-order valence-corrected chi connectivity index (χ3v) is 6.54. The number of nitrogens with zero attached hydrogens (tertiary/aromatic N) is 5. The van der Waals surface area contributed by atoms with E-state index >= 15 is 0 Å². The highest BCUT2D eigenvalue weighted by Crippen LogP contribution is 2.38. The maximum atomic E-state index is 12.8. The van der Waals surface area contributed by atoms with Gasteiger partial charge < -0.3 is 15.3 Å². The van der Waals surface area contributed by atoms with Crippen molar-refractivity contribution in [2.45, 2.75) is 31.9 Å². The van der Waals surface area contributed by atoms with Crippen LogP contribution in [0, 0.1) is 18.8 Å². The fraction of sp³-hybridized carbons (Fsp3) is 0.455. The summed E-state index contributed by atoms with van der Waals surface area (Å²) in [5.41, 5.74) is 3.19. The van der Waals surface area contributed by atoms with Gasteiger partial charge in [0, 0.05) is 32.5 Å². The van der Waals surface area contributed by atoms with Crippen LogP contribution in [0.1, 0.15) is 28.8 Å². The van der Waals surface area contributed by atoms with Crippen LogP contribution in [0.25, 0.3) is 11.0 Å². The molecular formula is C22H26N6O2. The summed E-state index contributed by atoms with van der Waals surface area (Å²) < 4.78 is 1.70. The summed E-state index contributed by atoms with van der Waals surface area (Å²) in [5.74, 6) is 1.63. The smallest absolute Gasteiger partial charge is 0.253 e. The molecule has 0 aromatic carbocycles. The van der Waals surface area contributed by atoms with Gasteiger partial charge in [0.05, 0.1) is 29.4 Å². The molecular weight excluding hydrogens is 380 g/mol. The number of aromatic nitrogens is 4. The molecule has 4 heterocycles. The van der Waals surface area contributed by atoms with Crippen LogP contribution < -0.4 is 10.2 Å². The minimum Gasteiger partial charge on any atom is -0.391 e. The number of hydrogen-bond donors (Lipinski definition) is 2. The first-order valence-electron chi connectivity index (χ1n) is 10.4. The lowest BCUT2D eigenvalue weighted by molar-refractivity contribution is 0.0462. The SMILES string of the molecule is Cc1ccc(N2C[C@H]3C[C@H](O)[C@@H](NC(=O)c4cnc5cnn(C)c5c4)C[C@H]3C2)nc1. The normalized spacial score (nSPS) is 26.0. The molecule has 5 rings (SSSR count). The first kappa shape index (κ1) is 19.0. The molecule has 3 aromatic heterocycles. The third-order valence-electron chi connectivity index (χ3n) is 6.54. The molecule has 1 aliphatic carbocycles. The third kappa shape index (κ3) is 3.41. The fourth-order valence-corrected chi connectivity index (χ4v) is 4.82. The molecule has 0 radical (unpaired) electrons. The van der Waals surface area contributed by atoms with E-state index in [4.69, 9.17) is 0 Å². The molecule has 0 unspecified atom stereocenters. The van der Waals surface area contributed by atoms with Gasteiger partial charge in [-0.2, -0.15) is 5.10 Å². The number of rotatable bonds is 3. The zero-order valence-corrected chi connectivity index (χ0v) is 17.2. The summed E-state index contributed by atoms with van der Waals surface area (Å²) in [5, 5.41) is 17.9. The Hall–Kier alpha value is -3.00. The van der Waals surface area contributed by atoms with Crippen LogP contribution in [0.2, 0.25) is 0 Å². The monoisotopic (exact) mass is 406 g/mol. The highest BCUT2D eigenvalue weighted by molar-refractivity contribution is 5.96. The average molecular weight is 406 g/mol. The lowest BCUT2D eigenvalue weighted by Crippen LogP contribution is -2.49. The van der Waals surface area contributed by atoms with Gasteiger partial charge in [0.2, 0.25) is 0 Å². The van der Waals surface area contributed by atoms with E-state index in [1.54, 1.807) is 23.1 Å². The summed E-state index contributed by atoms with van der Waals surface area (Å²) in [7, 11) is 1.82. The molecule has 30 heavy (non-hydrogen) atoms. The number of aliphatic hydroxyl groups is 1. The van der Waals surface area contributed by atoms with Gasteiger partial charge in [-0.25, -0.2) is 4.98 Å². The van der Waals surface area contributed by atoms with Crippen LogP contribution in [-0.2, 0) is 7.05 Å². The standard InChI is InChI=1S/C22H26N6O2/c1-13-3-4-21(24-8-13)28-11-15-5-17(20(29)7-16(15)12-28)26-22(30)14-6-19-18(23-9-14)10-25-27(19)2/h3-4,6,8-10,15-17,20,29H,5,7,11-12H2,1-2H3,(H,26,30)/t15-,16+,17-,20-/m0/s1. The maximum absolute atomic E-state index is 12.8. The van der Waals surface area contributed by atoms with Gasteiger partial charge in [-0.05, 0) is 49.3 Å². The zero-order valence-electron chi connectivity index (χ0n) is 17.2. The van der Waals surface area contributed by atoms with E-state index in [1.165, 1.54) is 0 Å². The van der Waals surface area contributed by atoms with Crippen molar-refractivity contribution in [2.75, 3.05) is 18.0 Å². The number of carbonyl (C=O) groups excluding carboxylic acids is 1. The number of nitrogens with one attached hydrogen (secondary N) is 1. The molecule has 2 fully saturated rings. The van der Waals surface area contributed by atoms with Gasteiger partial charge in [0.1, 0.15) is 11.3 Å². The summed E-state index contributed by atoms with van der Waals surface area (Å²) in [4.78, 5) is 24.0. The highest BCUT2D eigenvalue weighted by Gasteiger charge is 2.42. The molecule has 3 aromatic rings. The quantitative estimate of drug-likeness (QED) is 0.687. The van der Waals surface area contributed by atoms with Gasteiger partial charge in [-0.15, -0.1) is 0 Å². The molecule has 0 spiro atoms. The molecule has 2 N–H and O–H groups in total. The van der Waals surface area contributed by atoms with Crippen LogP contribution in [0.4, 0.5) is 5.82 Å². The number of anilines is 1. The molecule has 1 saturated carbocycles. The van der Waals surface area contributed by atoms with Gasteiger partial charge >= 0.3 is 0 Å².